The number of hydrogen-bond acceptors (Lipinski definition) is 4. The second-order valence-corrected chi connectivity index (χ2v) is 5.09. The summed E-state index contributed by atoms with van der Waals surface area (Å²) < 4.78 is 10.4. The molecule has 1 heterocycles. The Kier molecular flexibility index (Phi) is 4.34. The zero-order valence-electron chi connectivity index (χ0n) is 10.9. The molecule has 1 fully saturated rings. The van der Waals surface area contributed by atoms with Gasteiger partial charge in [-0.05, 0) is 20.8 Å². The van der Waals surface area contributed by atoms with Crippen LogP contribution in [0.15, 0.2) is 12.2 Å². The lowest BCUT2D eigenvalue weighted by atomic mass is 10.1. The fourth-order valence-electron chi connectivity index (χ4n) is 1.57. The summed E-state index contributed by atoms with van der Waals surface area (Å²) in [5.74, 6) is -1.14. The molecule has 6 heteroatoms. The van der Waals surface area contributed by atoms with Gasteiger partial charge in [-0.2, -0.15) is 0 Å². The van der Waals surface area contributed by atoms with Crippen LogP contribution in [0.2, 0.25) is 0 Å². The van der Waals surface area contributed by atoms with Crippen molar-refractivity contribution in [3.05, 3.63) is 12.2 Å². The summed E-state index contributed by atoms with van der Waals surface area (Å²) >= 11 is 0. The van der Waals surface area contributed by atoms with E-state index in [1.54, 1.807) is 20.8 Å². The fraction of sp³-hybridized carbons (Fsp3) is 0.667. The molecule has 0 aromatic rings. The number of carbonyl (C=O) groups excluding carboxylic acids is 1. The molecule has 1 atom stereocenters. The van der Waals surface area contributed by atoms with Gasteiger partial charge in [0, 0.05) is 6.54 Å². The van der Waals surface area contributed by atoms with Crippen molar-refractivity contribution >= 4 is 12.1 Å². The zero-order chi connectivity index (χ0) is 13.9. The number of rotatable bonds is 2. The maximum Gasteiger partial charge on any atom is 0.410 e. The van der Waals surface area contributed by atoms with Crippen LogP contribution in [-0.2, 0) is 14.3 Å². The van der Waals surface area contributed by atoms with Gasteiger partial charge >= 0.3 is 12.1 Å². The largest absolute Gasteiger partial charge is 0.478 e. The summed E-state index contributed by atoms with van der Waals surface area (Å²) in [6.07, 6.45) is -0.543. The highest BCUT2D eigenvalue weighted by molar-refractivity contribution is 5.88. The summed E-state index contributed by atoms with van der Waals surface area (Å²) in [6, 6.07) is -0.675. The number of morpholine rings is 1. The molecule has 0 aliphatic carbocycles. The molecular formula is C12H19NO5. The molecule has 1 N–H and O–H groups in total. The van der Waals surface area contributed by atoms with Crippen LogP contribution in [0.1, 0.15) is 20.8 Å². The SMILES string of the molecule is C=C(C(=O)O)C1COCCN1C(=O)OC(C)(C)C. The van der Waals surface area contributed by atoms with Gasteiger partial charge in [0.25, 0.3) is 0 Å². The summed E-state index contributed by atoms with van der Waals surface area (Å²) in [5, 5.41) is 8.93. The van der Waals surface area contributed by atoms with Crippen molar-refractivity contribution < 1.29 is 24.2 Å². The van der Waals surface area contributed by atoms with E-state index in [-0.39, 0.29) is 12.2 Å². The highest BCUT2D eigenvalue weighted by atomic mass is 16.6. The number of carbonyl (C=O) groups is 2. The monoisotopic (exact) mass is 257 g/mol. The highest BCUT2D eigenvalue weighted by Gasteiger charge is 2.34. The van der Waals surface area contributed by atoms with Gasteiger partial charge in [0.05, 0.1) is 24.8 Å². The van der Waals surface area contributed by atoms with Crippen molar-refractivity contribution in [2.24, 2.45) is 0 Å². The van der Waals surface area contributed by atoms with Crippen molar-refractivity contribution in [3.63, 3.8) is 0 Å². The predicted octanol–water partition coefficient (Wildman–Crippen LogP) is 1.26. The highest BCUT2D eigenvalue weighted by Crippen LogP contribution is 2.18. The number of carboxylic acid groups (broad SMARTS) is 1. The van der Waals surface area contributed by atoms with E-state index < -0.39 is 23.7 Å². The Morgan fingerprint density at radius 1 is 1.44 bits per heavy atom. The van der Waals surface area contributed by atoms with Gasteiger partial charge in [0.15, 0.2) is 0 Å². The Labute approximate surface area is 106 Å². The van der Waals surface area contributed by atoms with Crippen molar-refractivity contribution in [1.82, 2.24) is 4.90 Å². The molecule has 0 bridgehead atoms. The number of nitrogens with zero attached hydrogens (tertiary/aromatic N) is 1. The third-order valence-corrected chi connectivity index (χ3v) is 2.43. The van der Waals surface area contributed by atoms with Gasteiger partial charge in [-0.1, -0.05) is 6.58 Å². The van der Waals surface area contributed by atoms with E-state index in [4.69, 9.17) is 14.6 Å². The van der Waals surface area contributed by atoms with Crippen molar-refractivity contribution in [1.29, 1.82) is 0 Å². The second-order valence-electron chi connectivity index (χ2n) is 5.09. The van der Waals surface area contributed by atoms with Crippen molar-refractivity contribution in [2.75, 3.05) is 19.8 Å². The maximum absolute atomic E-state index is 12.0. The van der Waals surface area contributed by atoms with E-state index in [9.17, 15) is 9.59 Å². The Balaban J connectivity index is 2.79. The smallest absolute Gasteiger partial charge is 0.410 e. The molecule has 0 radical (unpaired) electrons. The molecule has 102 valence electrons. The number of ether oxygens (including phenoxy) is 2. The minimum Gasteiger partial charge on any atom is -0.478 e. The van der Waals surface area contributed by atoms with Crippen LogP contribution in [0.25, 0.3) is 0 Å². The molecule has 1 aliphatic rings. The minimum absolute atomic E-state index is 0.0689. The van der Waals surface area contributed by atoms with Crippen LogP contribution in [-0.4, -0.2) is 53.5 Å². The molecule has 1 amide bonds. The molecule has 1 aliphatic heterocycles. The summed E-state index contributed by atoms with van der Waals surface area (Å²) in [6.45, 7) is 9.54. The predicted molar refractivity (Wildman–Crippen MR) is 64.3 cm³/mol. The van der Waals surface area contributed by atoms with Crippen LogP contribution >= 0.6 is 0 Å². The molecule has 1 rings (SSSR count). The van der Waals surface area contributed by atoms with E-state index in [0.717, 1.165) is 0 Å². The lowest BCUT2D eigenvalue weighted by molar-refractivity contribution is -0.134. The van der Waals surface area contributed by atoms with Crippen molar-refractivity contribution in [2.45, 2.75) is 32.4 Å². The fourth-order valence-corrected chi connectivity index (χ4v) is 1.57. The van der Waals surface area contributed by atoms with Gasteiger partial charge in [-0.25, -0.2) is 9.59 Å². The summed E-state index contributed by atoms with van der Waals surface area (Å²) in [7, 11) is 0. The molecular weight excluding hydrogens is 238 g/mol. The number of carboxylic acids is 1. The lowest BCUT2D eigenvalue weighted by Crippen LogP contribution is -2.51. The Bertz CT molecular complexity index is 358. The number of amides is 1. The molecule has 1 saturated heterocycles. The summed E-state index contributed by atoms with van der Waals surface area (Å²) in [4.78, 5) is 24.2. The number of hydrogen-bond donors (Lipinski definition) is 1. The first-order chi connectivity index (χ1) is 8.22. The molecule has 0 aromatic carbocycles. The average molecular weight is 257 g/mol. The molecule has 0 spiro atoms. The van der Waals surface area contributed by atoms with Gasteiger partial charge in [0.1, 0.15) is 5.60 Å². The molecule has 1 unspecified atom stereocenters. The lowest BCUT2D eigenvalue weighted by Gasteiger charge is -2.36. The quantitative estimate of drug-likeness (QED) is 0.754. The molecule has 6 nitrogen and oxygen atoms in total. The molecule has 0 saturated carbocycles. The van der Waals surface area contributed by atoms with Crippen LogP contribution in [0.4, 0.5) is 4.79 Å². The molecule has 0 aromatic heterocycles. The zero-order valence-corrected chi connectivity index (χ0v) is 10.9. The van der Waals surface area contributed by atoms with E-state index in [1.807, 2.05) is 0 Å². The Hall–Kier alpha value is -1.56. The Morgan fingerprint density at radius 2 is 2.06 bits per heavy atom. The first kappa shape index (κ1) is 14.5. The topological polar surface area (TPSA) is 76.1 Å². The van der Waals surface area contributed by atoms with Gasteiger partial charge in [-0.15, -0.1) is 0 Å². The summed E-state index contributed by atoms with van der Waals surface area (Å²) in [5.41, 5.74) is -0.689. The van der Waals surface area contributed by atoms with Crippen molar-refractivity contribution in [3.8, 4) is 0 Å². The Morgan fingerprint density at radius 3 is 2.56 bits per heavy atom. The third kappa shape index (κ3) is 3.73. The average Bonchev–Trinajstić information content (AvgIpc) is 2.25. The van der Waals surface area contributed by atoms with E-state index >= 15 is 0 Å². The minimum atomic E-state index is -1.14. The standard InChI is InChI=1S/C12H19NO5/c1-8(10(14)15)9-7-17-6-5-13(9)11(16)18-12(2,3)4/h9H,1,5-7H2,2-4H3,(H,14,15). The van der Waals surface area contributed by atoms with Crippen LogP contribution in [0.5, 0.6) is 0 Å². The van der Waals surface area contributed by atoms with E-state index in [1.165, 1.54) is 4.90 Å². The van der Waals surface area contributed by atoms with Crippen LogP contribution in [0, 0.1) is 0 Å². The molecule has 18 heavy (non-hydrogen) atoms. The van der Waals surface area contributed by atoms with Crippen LogP contribution in [0.3, 0.4) is 0 Å². The maximum atomic E-state index is 12.0. The first-order valence-corrected chi connectivity index (χ1v) is 5.72. The van der Waals surface area contributed by atoms with Crippen LogP contribution < -0.4 is 0 Å². The third-order valence-electron chi connectivity index (χ3n) is 2.43. The number of aliphatic carboxylic acids is 1. The van der Waals surface area contributed by atoms with E-state index in [2.05, 4.69) is 6.58 Å². The first-order valence-electron chi connectivity index (χ1n) is 5.72. The van der Waals surface area contributed by atoms with Gasteiger partial charge < -0.3 is 14.6 Å². The van der Waals surface area contributed by atoms with Gasteiger partial charge in [-0.3, -0.25) is 4.90 Å². The normalized spacial score (nSPS) is 20.4. The van der Waals surface area contributed by atoms with Gasteiger partial charge in [0.2, 0.25) is 0 Å². The van der Waals surface area contributed by atoms with E-state index in [0.29, 0.717) is 13.2 Å². The second kappa shape index (κ2) is 5.39.